The number of aryl methyl sites for hydroxylation is 8. The van der Waals surface area contributed by atoms with Gasteiger partial charge in [-0.15, -0.1) is 0 Å². The molecule has 4 aliphatic heterocycles. The number of nitrogens with zero attached hydrogens (tertiary/aromatic N) is 14. The molecule has 14 heteroatoms. The van der Waals surface area contributed by atoms with E-state index in [2.05, 4.69) is 468 Å². The van der Waals surface area contributed by atoms with E-state index in [0.29, 0.717) is 0 Å². The summed E-state index contributed by atoms with van der Waals surface area (Å²) in [6.07, 6.45) is 6.77. The van der Waals surface area contributed by atoms with Crippen molar-refractivity contribution in [2.75, 3.05) is 39.2 Å². The van der Waals surface area contributed by atoms with Crippen molar-refractivity contribution in [1.29, 1.82) is 0 Å². The smallest absolute Gasteiger partial charge is 0.135 e. The molecule has 0 radical (unpaired) electrons. The SMILES string of the molecule is Cc1ccccc1N1c2ccccc2N(C(C)(C)c2cc3ccccc3n2C)[C@@H]1C.Cc1ccccc1N1c2ccccc2N(C(C)(C)c2cccn2C)[C@@H]1C.Cc1ccccc1N1c2ccccc2N(C(C)(C)c2nc3ccccc3n2C)[C@@H]1C.Cc1ccccc1N1c2ccccc2N(C(C)(C)c2nccn2C)[C@@H]1C. The first-order valence-electron chi connectivity index (χ1n) is 39.7. The molecule has 112 heavy (non-hydrogen) atoms. The predicted octanol–water partition coefficient (Wildman–Crippen LogP) is 23.4. The molecule has 0 N–H and O–H groups in total. The van der Waals surface area contributed by atoms with E-state index < -0.39 is 0 Å². The van der Waals surface area contributed by atoms with Gasteiger partial charge in [-0.05, 0) is 248 Å². The van der Waals surface area contributed by atoms with E-state index >= 15 is 0 Å². The monoisotopic (exact) mass is 1480 g/mol. The molecule has 0 unspecified atom stereocenters. The number of aromatic nitrogens is 6. The first kappa shape index (κ1) is 75.5. The molecule has 0 saturated carbocycles. The Bertz CT molecular complexity index is 5390. The second-order valence-electron chi connectivity index (χ2n) is 32.8. The van der Waals surface area contributed by atoms with Crippen molar-refractivity contribution in [3.05, 3.63) is 325 Å². The van der Waals surface area contributed by atoms with Crippen LogP contribution in [0.15, 0.2) is 279 Å². The van der Waals surface area contributed by atoms with Crippen molar-refractivity contribution in [2.45, 2.75) is 158 Å². The molecule has 0 bridgehead atoms. The minimum atomic E-state index is -0.305. The molecule has 8 heterocycles. The minimum absolute atomic E-state index is 0.134. The Kier molecular flexibility index (Phi) is 19.8. The third kappa shape index (κ3) is 12.7. The maximum Gasteiger partial charge on any atom is 0.135 e. The van der Waals surface area contributed by atoms with Crippen LogP contribution in [0.5, 0.6) is 0 Å². The number of benzene rings is 10. The summed E-state index contributed by atoms with van der Waals surface area (Å²) in [4.78, 5) is 29.7. The molecule has 4 aliphatic rings. The van der Waals surface area contributed by atoms with Gasteiger partial charge < -0.3 is 57.5 Å². The highest BCUT2D eigenvalue weighted by molar-refractivity contribution is 5.90. The molecule has 0 spiro atoms. The zero-order valence-corrected chi connectivity index (χ0v) is 69.1. The van der Waals surface area contributed by atoms with E-state index in [1.807, 2.05) is 12.4 Å². The molecule has 0 aliphatic carbocycles. The van der Waals surface area contributed by atoms with Crippen molar-refractivity contribution >= 4 is 90.2 Å². The molecule has 572 valence electrons. The van der Waals surface area contributed by atoms with Crippen LogP contribution in [0.3, 0.4) is 0 Å². The van der Waals surface area contributed by atoms with Gasteiger partial charge in [0.15, 0.2) is 0 Å². The van der Waals surface area contributed by atoms with Gasteiger partial charge in [-0.1, -0.05) is 152 Å². The summed E-state index contributed by atoms with van der Waals surface area (Å²) < 4.78 is 8.93. The number of hydrogen-bond acceptors (Lipinski definition) is 10. The van der Waals surface area contributed by atoms with E-state index in [1.54, 1.807) is 0 Å². The highest BCUT2D eigenvalue weighted by atomic mass is 15.5. The lowest BCUT2D eigenvalue weighted by Gasteiger charge is -2.42. The average Bonchev–Trinajstić information content (AvgIpc) is 1.85. The van der Waals surface area contributed by atoms with E-state index in [1.165, 1.54) is 113 Å². The Morgan fingerprint density at radius 1 is 0.277 bits per heavy atom. The summed E-state index contributed by atoms with van der Waals surface area (Å²) in [7, 11) is 8.50. The fourth-order valence-electron chi connectivity index (χ4n) is 19.4. The quantitative estimate of drug-likeness (QED) is 0.118. The van der Waals surface area contributed by atoms with E-state index in [4.69, 9.17) is 4.98 Å². The lowest BCUT2D eigenvalue weighted by atomic mass is 9.96. The predicted molar refractivity (Wildman–Crippen MR) is 471 cm³/mol. The van der Waals surface area contributed by atoms with Crippen molar-refractivity contribution < 1.29 is 0 Å². The normalized spacial score (nSPS) is 16.6. The Morgan fingerprint density at radius 2 is 0.589 bits per heavy atom. The molecule has 18 rings (SSSR count). The topological polar surface area (TPSA) is 71.4 Å². The standard InChI is InChI=1S/C27H29N3.C26H28N4.C23H27N3.C22H26N4/c1-19-12-6-8-14-22(19)29-20(2)30(25-17-11-10-16-24(25)29)27(3,4)26-18-21-13-7-9-15-23(21)28(26)5;1-18-12-6-8-14-21(18)29-19(2)30(24-17-11-10-16-23(24)29)26(3,4)25-27-20-13-7-9-15-22(20)28(25)5;1-17-11-6-7-12-19(17)25-18(2)26(21-14-9-8-13-20(21)25)23(3,4)22-15-10-16-24(22)5;1-16-10-6-7-11-18(16)25-17(2)26(20-13-9-8-12-19(20)25)22(3,4)21-23-14-15-24(21)5/h6-18,20H,1-5H3;6-17,19H,1-5H3;6-16,18H,1-5H3;6-15,17H,1-5H3/t20-;19-;18-;17-/m1111/s1. The minimum Gasteiger partial charge on any atom is -0.352 e. The van der Waals surface area contributed by atoms with Crippen LogP contribution >= 0.6 is 0 Å². The van der Waals surface area contributed by atoms with Crippen LogP contribution in [0.1, 0.15) is 128 Å². The fraction of sp³-hybridized carbons (Fsp3) is 0.286. The zero-order chi connectivity index (χ0) is 79.0. The molecular formula is C98H110N14. The highest BCUT2D eigenvalue weighted by Gasteiger charge is 2.49. The molecule has 0 amide bonds. The van der Waals surface area contributed by atoms with Crippen LogP contribution in [0, 0.1) is 27.7 Å². The first-order valence-corrected chi connectivity index (χ1v) is 39.7. The fourth-order valence-corrected chi connectivity index (χ4v) is 19.4. The number of para-hydroxylation sites is 15. The second kappa shape index (κ2) is 29.4. The summed E-state index contributed by atoms with van der Waals surface area (Å²) in [5.41, 5.74) is 25.5. The summed E-state index contributed by atoms with van der Waals surface area (Å²) >= 11 is 0. The first-order chi connectivity index (χ1) is 53.7. The van der Waals surface area contributed by atoms with Crippen LogP contribution in [-0.2, 0) is 50.3 Å². The van der Waals surface area contributed by atoms with Crippen molar-refractivity contribution in [2.24, 2.45) is 28.2 Å². The van der Waals surface area contributed by atoms with Gasteiger partial charge in [0.2, 0.25) is 0 Å². The van der Waals surface area contributed by atoms with Crippen LogP contribution < -0.4 is 39.2 Å². The second-order valence-corrected chi connectivity index (χ2v) is 32.8. The van der Waals surface area contributed by atoms with Gasteiger partial charge in [0.05, 0.1) is 78.7 Å². The van der Waals surface area contributed by atoms with E-state index in [0.717, 1.165) is 22.7 Å². The average molecular weight is 1480 g/mol. The van der Waals surface area contributed by atoms with Crippen LogP contribution in [0.25, 0.3) is 21.9 Å². The largest absolute Gasteiger partial charge is 0.352 e. The van der Waals surface area contributed by atoms with E-state index in [9.17, 15) is 0 Å². The van der Waals surface area contributed by atoms with Gasteiger partial charge in [0, 0.05) is 86.4 Å². The maximum atomic E-state index is 5.05. The number of anilines is 12. The molecule has 0 saturated heterocycles. The molecule has 10 aromatic carbocycles. The number of imidazole rings is 2. The zero-order valence-electron chi connectivity index (χ0n) is 69.1. The Labute approximate surface area is 664 Å². The van der Waals surface area contributed by atoms with Crippen LogP contribution in [0.4, 0.5) is 68.2 Å². The maximum absolute atomic E-state index is 5.05. The lowest BCUT2D eigenvalue weighted by Crippen LogP contribution is -2.50. The Hall–Kier alpha value is -11.9. The number of hydrogen-bond donors (Lipinski definition) is 0. The third-order valence-electron chi connectivity index (χ3n) is 24.4. The van der Waals surface area contributed by atoms with Gasteiger partial charge in [-0.25, -0.2) is 9.97 Å². The molecule has 14 nitrogen and oxygen atoms in total. The van der Waals surface area contributed by atoms with Gasteiger partial charge in [0.25, 0.3) is 0 Å². The molecule has 4 aromatic heterocycles. The van der Waals surface area contributed by atoms with Gasteiger partial charge in [-0.2, -0.15) is 0 Å². The van der Waals surface area contributed by atoms with Crippen molar-refractivity contribution in [3.8, 4) is 0 Å². The van der Waals surface area contributed by atoms with Gasteiger partial charge in [-0.3, -0.25) is 0 Å². The molecule has 0 fully saturated rings. The number of rotatable bonds is 12. The summed E-state index contributed by atoms with van der Waals surface area (Å²) in [6.45, 7) is 36.3. The Balaban J connectivity index is 0.000000118. The highest BCUT2D eigenvalue weighted by Crippen LogP contribution is 2.55. The molecule has 4 atom stereocenters. The Morgan fingerprint density at radius 3 is 0.929 bits per heavy atom. The number of fused-ring (bicyclic) bond motifs is 6. The van der Waals surface area contributed by atoms with Crippen LogP contribution in [0.2, 0.25) is 0 Å². The molecular weight excluding hydrogens is 1370 g/mol. The van der Waals surface area contributed by atoms with Gasteiger partial charge in [0.1, 0.15) is 36.3 Å². The van der Waals surface area contributed by atoms with Crippen LogP contribution in [-0.4, -0.2) is 52.9 Å². The van der Waals surface area contributed by atoms with Crippen molar-refractivity contribution in [1.82, 2.24) is 28.2 Å². The summed E-state index contributed by atoms with van der Waals surface area (Å²) in [6, 6.07) is 93.2. The van der Waals surface area contributed by atoms with E-state index in [-0.39, 0.29) is 46.8 Å². The van der Waals surface area contributed by atoms with Gasteiger partial charge >= 0.3 is 0 Å². The van der Waals surface area contributed by atoms with Crippen molar-refractivity contribution in [3.63, 3.8) is 0 Å². The summed E-state index contributed by atoms with van der Waals surface area (Å²) in [5, 5.41) is 1.29. The lowest BCUT2D eigenvalue weighted by molar-refractivity contribution is 0.413. The molecule has 14 aromatic rings. The third-order valence-corrected chi connectivity index (χ3v) is 24.4. The summed E-state index contributed by atoms with van der Waals surface area (Å²) in [5.74, 6) is 2.13.